The van der Waals surface area contributed by atoms with Crippen LogP contribution in [0, 0.1) is 11.3 Å². The predicted molar refractivity (Wildman–Crippen MR) is 126 cm³/mol. The van der Waals surface area contributed by atoms with E-state index in [4.69, 9.17) is 30.5 Å². The Morgan fingerprint density at radius 2 is 1.85 bits per heavy atom. The molecule has 2 aromatic carbocycles. The first-order chi connectivity index (χ1) is 16.0. The molecule has 0 bridgehead atoms. The zero-order chi connectivity index (χ0) is 23.6. The normalized spacial score (nSPS) is 10.8. The van der Waals surface area contributed by atoms with Gasteiger partial charge in [-0.15, -0.1) is 11.3 Å². The van der Waals surface area contributed by atoms with Gasteiger partial charge < -0.3 is 18.9 Å². The van der Waals surface area contributed by atoms with Crippen LogP contribution in [0.25, 0.3) is 6.08 Å². The number of anilines is 1. The summed E-state index contributed by atoms with van der Waals surface area (Å²) in [7, 11) is 2.96. The van der Waals surface area contributed by atoms with E-state index in [1.165, 1.54) is 31.6 Å². The van der Waals surface area contributed by atoms with Crippen molar-refractivity contribution in [2.75, 3.05) is 32.8 Å². The van der Waals surface area contributed by atoms with Crippen molar-refractivity contribution in [3.8, 4) is 29.1 Å². The Balaban J connectivity index is 1.74. The Hall–Kier alpha value is -3.74. The van der Waals surface area contributed by atoms with Gasteiger partial charge >= 0.3 is 0 Å². The second-order valence-corrected chi connectivity index (χ2v) is 7.64. The Morgan fingerprint density at radius 3 is 2.45 bits per heavy atom. The summed E-state index contributed by atoms with van der Waals surface area (Å²) in [5.41, 5.74) is 0.422. The number of carbonyl (C=O) groups excluding carboxylic acids is 1. The topological polar surface area (TPSA) is 103 Å². The second-order valence-electron chi connectivity index (χ2n) is 6.34. The first kappa shape index (κ1) is 23.9. The minimum Gasteiger partial charge on any atom is -0.493 e. The summed E-state index contributed by atoms with van der Waals surface area (Å²) in [5.74, 6) is 1.10. The molecule has 3 rings (SSSR count). The third-order valence-corrected chi connectivity index (χ3v) is 5.24. The summed E-state index contributed by atoms with van der Waals surface area (Å²) in [5, 5.41) is 14.7. The summed E-state index contributed by atoms with van der Waals surface area (Å²) in [4.78, 5) is 16.4. The number of methoxy groups -OCH3 is 2. The monoisotopic (exact) mass is 485 g/mol. The molecule has 33 heavy (non-hydrogen) atoms. The lowest BCUT2D eigenvalue weighted by molar-refractivity contribution is -0.112. The molecule has 0 radical (unpaired) electrons. The molecule has 0 aliphatic carbocycles. The van der Waals surface area contributed by atoms with Crippen molar-refractivity contribution in [2.45, 2.75) is 0 Å². The highest BCUT2D eigenvalue weighted by Gasteiger charge is 2.16. The molecule has 0 aliphatic heterocycles. The fourth-order valence-electron chi connectivity index (χ4n) is 2.75. The molecule has 0 fully saturated rings. The summed E-state index contributed by atoms with van der Waals surface area (Å²) < 4.78 is 22.3. The van der Waals surface area contributed by atoms with Crippen LogP contribution in [0.4, 0.5) is 5.13 Å². The van der Waals surface area contributed by atoms with Crippen molar-refractivity contribution in [1.29, 1.82) is 5.26 Å². The number of para-hydroxylation sites is 1. The van der Waals surface area contributed by atoms with Gasteiger partial charge in [-0.1, -0.05) is 23.7 Å². The van der Waals surface area contributed by atoms with Gasteiger partial charge in [0.25, 0.3) is 5.91 Å². The van der Waals surface area contributed by atoms with E-state index in [0.717, 1.165) is 0 Å². The minimum absolute atomic E-state index is 0.101. The average Bonchev–Trinajstić information content (AvgIpc) is 3.34. The number of hydrogen-bond donors (Lipinski definition) is 1. The maximum absolute atomic E-state index is 12.4. The van der Waals surface area contributed by atoms with Crippen LogP contribution in [0.1, 0.15) is 5.56 Å². The Morgan fingerprint density at radius 1 is 1.15 bits per heavy atom. The molecule has 0 saturated heterocycles. The molecule has 0 atom stereocenters. The quantitative estimate of drug-likeness (QED) is 0.249. The first-order valence-electron chi connectivity index (χ1n) is 9.64. The molecular formula is C23H20ClN3O5S. The molecule has 1 heterocycles. The van der Waals surface area contributed by atoms with E-state index in [1.807, 2.05) is 18.2 Å². The highest BCUT2D eigenvalue weighted by molar-refractivity contribution is 7.13. The largest absolute Gasteiger partial charge is 0.493 e. The number of amides is 1. The van der Waals surface area contributed by atoms with Gasteiger partial charge in [0, 0.05) is 11.6 Å². The number of nitriles is 1. The van der Waals surface area contributed by atoms with Gasteiger partial charge in [0.1, 0.15) is 30.6 Å². The lowest BCUT2D eigenvalue weighted by Gasteiger charge is -2.16. The van der Waals surface area contributed by atoms with E-state index in [-0.39, 0.29) is 18.8 Å². The number of halogens is 1. The number of thiazole rings is 1. The second kappa shape index (κ2) is 11.8. The Kier molecular flexibility index (Phi) is 8.52. The van der Waals surface area contributed by atoms with Gasteiger partial charge in [-0.25, -0.2) is 4.98 Å². The summed E-state index contributed by atoms with van der Waals surface area (Å²) in [6.45, 7) is 0.444. The summed E-state index contributed by atoms with van der Waals surface area (Å²) >= 11 is 7.34. The number of benzene rings is 2. The number of aromatic nitrogens is 1. The summed E-state index contributed by atoms with van der Waals surface area (Å²) in [6.07, 6.45) is 2.99. The fourth-order valence-corrected chi connectivity index (χ4v) is 3.46. The first-order valence-corrected chi connectivity index (χ1v) is 10.9. The van der Waals surface area contributed by atoms with E-state index in [9.17, 15) is 10.1 Å². The Bertz CT molecular complexity index is 1150. The predicted octanol–water partition coefficient (Wildman–Crippen LogP) is 4.82. The molecule has 170 valence electrons. The zero-order valence-electron chi connectivity index (χ0n) is 17.8. The van der Waals surface area contributed by atoms with Crippen LogP contribution in [-0.2, 0) is 4.79 Å². The van der Waals surface area contributed by atoms with Crippen LogP contribution >= 0.6 is 22.9 Å². The fraction of sp³-hybridized carbons (Fsp3) is 0.174. The molecule has 8 nitrogen and oxygen atoms in total. The Labute approximate surface area is 199 Å². The number of nitrogens with one attached hydrogen (secondary N) is 1. The van der Waals surface area contributed by atoms with E-state index >= 15 is 0 Å². The van der Waals surface area contributed by atoms with Crippen molar-refractivity contribution < 1.29 is 23.7 Å². The molecule has 0 spiro atoms. The van der Waals surface area contributed by atoms with Gasteiger partial charge in [-0.3, -0.25) is 10.1 Å². The molecule has 0 aliphatic rings. The number of nitrogens with zero attached hydrogens (tertiary/aromatic N) is 2. The van der Waals surface area contributed by atoms with Gasteiger partial charge in [0.2, 0.25) is 5.75 Å². The van der Waals surface area contributed by atoms with Crippen molar-refractivity contribution in [3.63, 3.8) is 0 Å². The van der Waals surface area contributed by atoms with E-state index in [0.29, 0.717) is 38.7 Å². The van der Waals surface area contributed by atoms with Gasteiger partial charge in [-0.2, -0.15) is 5.26 Å². The van der Waals surface area contributed by atoms with Crippen LogP contribution in [-0.4, -0.2) is 38.3 Å². The minimum atomic E-state index is -0.567. The lowest BCUT2D eigenvalue weighted by atomic mass is 10.1. The standard InChI is InChI=1S/C23H20ClN3O5S/c1-29-19-12-15(11-16(14-25)22(28)27-23-26-7-10-33-23)13-20(30-2)21(19)32-9-8-31-18-6-4-3-5-17(18)24/h3-7,10-13H,8-9H2,1-2H3,(H,26,27,28)/b16-11-. The number of hydrogen-bond acceptors (Lipinski definition) is 8. The molecule has 0 unspecified atom stereocenters. The molecule has 10 heteroatoms. The van der Waals surface area contributed by atoms with Crippen molar-refractivity contribution in [1.82, 2.24) is 4.98 Å². The maximum Gasteiger partial charge on any atom is 0.268 e. The molecule has 1 amide bonds. The van der Waals surface area contributed by atoms with E-state index in [1.54, 1.807) is 35.8 Å². The third-order valence-electron chi connectivity index (χ3n) is 4.24. The number of carbonyl (C=O) groups is 1. The van der Waals surface area contributed by atoms with Crippen molar-refractivity contribution >= 4 is 40.1 Å². The van der Waals surface area contributed by atoms with Gasteiger partial charge in [0.15, 0.2) is 16.6 Å². The van der Waals surface area contributed by atoms with Gasteiger partial charge in [-0.05, 0) is 35.9 Å². The van der Waals surface area contributed by atoms with Gasteiger partial charge in [0.05, 0.1) is 19.2 Å². The molecule has 0 saturated carbocycles. The smallest absolute Gasteiger partial charge is 0.268 e. The molecular weight excluding hydrogens is 466 g/mol. The molecule has 3 aromatic rings. The highest BCUT2D eigenvalue weighted by Crippen LogP contribution is 2.39. The average molecular weight is 486 g/mol. The number of ether oxygens (including phenoxy) is 4. The van der Waals surface area contributed by atoms with Crippen molar-refractivity contribution in [3.05, 3.63) is 64.1 Å². The SMILES string of the molecule is COc1cc(/C=C(/C#N)C(=O)Nc2nccs2)cc(OC)c1OCCOc1ccccc1Cl. The van der Waals surface area contributed by atoms with E-state index in [2.05, 4.69) is 10.3 Å². The zero-order valence-corrected chi connectivity index (χ0v) is 19.4. The van der Waals surface area contributed by atoms with E-state index < -0.39 is 5.91 Å². The highest BCUT2D eigenvalue weighted by atomic mass is 35.5. The molecule has 1 aromatic heterocycles. The number of rotatable bonds is 10. The van der Waals surface area contributed by atoms with Crippen LogP contribution in [0.2, 0.25) is 5.02 Å². The maximum atomic E-state index is 12.4. The molecule has 1 N–H and O–H groups in total. The lowest BCUT2D eigenvalue weighted by Crippen LogP contribution is -2.13. The third kappa shape index (κ3) is 6.38. The van der Waals surface area contributed by atoms with Crippen LogP contribution in [0.5, 0.6) is 23.0 Å². The van der Waals surface area contributed by atoms with Crippen molar-refractivity contribution in [2.24, 2.45) is 0 Å². The van der Waals surface area contributed by atoms with Crippen LogP contribution in [0.3, 0.4) is 0 Å². The summed E-state index contributed by atoms with van der Waals surface area (Å²) in [6, 6.07) is 12.3. The van der Waals surface area contributed by atoms with Crippen LogP contribution in [0.15, 0.2) is 53.5 Å². The van der Waals surface area contributed by atoms with Crippen LogP contribution < -0.4 is 24.3 Å².